The van der Waals surface area contributed by atoms with Gasteiger partial charge in [0, 0.05) is 18.7 Å². The van der Waals surface area contributed by atoms with Crippen molar-refractivity contribution >= 4 is 10.9 Å². The van der Waals surface area contributed by atoms with Crippen molar-refractivity contribution in [2.45, 2.75) is 77.4 Å². The molecule has 0 bridgehead atoms. The highest BCUT2D eigenvalue weighted by atomic mass is 16.5. The zero-order valence-electron chi connectivity index (χ0n) is 24.0. The number of hydrogen-bond donors (Lipinski definition) is 1. The van der Waals surface area contributed by atoms with Crippen LogP contribution in [0.1, 0.15) is 80.0 Å². The van der Waals surface area contributed by atoms with Crippen molar-refractivity contribution in [1.29, 1.82) is 0 Å². The van der Waals surface area contributed by atoms with E-state index in [1.165, 1.54) is 19.3 Å². The van der Waals surface area contributed by atoms with Gasteiger partial charge in [0.1, 0.15) is 0 Å². The molecule has 1 atom stereocenters. The van der Waals surface area contributed by atoms with Crippen molar-refractivity contribution in [3.05, 3.63) is 75.3 Å². The highest BCUT2D eigenvalue weighted by Gasteiger charge is 2.29. The number of aryl methyl sites for hydroxylation is 1. The van der Waals surface area contributed by atoms with Crippen molar-refractivity contribution in [2.75, 3.05) is 20.8 Å². The normalized spacial score (nSPS) is 15.0. The number of aromatic amines is 1. The van der Waals surface area contributed by atoms with Crippen molar-refractivity contribution in [2.24, 2.45) is 0 Å². The first-order chi connectivity index (χ1) is 19.5. The van der Waals surface area contributed by atoms with E-state index < -0.39 is 0 Å². The number of nitrogens with zero attached hydrogens (tertiary/aromatic N) is 5. The van der Waals surface area contributed by atoms with Gasteiger partial charge in [0.25, 0.3) is 5.56 Å². The predicted octanol–water partition coefficient (Wildman–Crippen LogP) is 5.54. The van der Waals surface area contributed by atoms with Gasteiger partial charge in [-0.3, -0.25) is 9.69 Å². The van der Waals surface area contributed by atoms with Gasteiger partial charge in [-0.1, -0.05) is 50.5 Å². The summed E-state index contributed by atoms with van der Waals surface area (Å²) >= 11 is 0. The highest BCUT2D eigenvalue weighted by molar-refractivity contribution is 5.81. The van der Waals surface area contributed by atoms with Gasteiger partial charge >= 0.3 is 0 Å². The number of pyridine rings is 1. The lowest BCUT2D eigenvalue weighted by Gasteiger charge is -2.32. The Morgan fingerprint density at radius 1 is 1.07 bits per heavy atom. The van der Waals surface area contributed by atoms with E-state index in [9.17, 15) is 4.79 Å². The molecule has 2 aromatic heterocycles. The number of methoxy groups -OCH3 is 2. The molecule has 1 N–H and O–H groups in total. The van der Waals surface area contributed by atoms with E-state index >= 15 is 0 Å². The molecule has 212 valence electrons. The molecule has 1 aliphatic rings. The Labute approximate surface area is 235 Å². The molecule has 0 aliphatic heterocycles. The number of hydrogen-bond acceptors (Lipinski definition) is 7. The zero-order valence-corrected chi connectivity index (χ0v) is 24.0. The lowest BCUT2D eigenvalue weighted by molar-refractivity contribution is 0.165. The standard InChI is InChI=1S/C31H40N6O3/c1-5-26(30-33-34-35-37(30)25-12-7-6-8-13-25)36(17-16-22-14-15-27(39-3)28(18-22)40-4)20-24-19-23-11-9-10-21(2)29(23)32-31(24)38/h9-11,14-15,18-19,25-26H,5-8,12-13,16-17,20H2,1-4H3,(H,32,38)/t26-/m1/s1. The molecule has 1 fully saturated rings. The molecule has 5 rings (SSSR count). The van der Waals surface area contributed by atoms with Crippen LogP contribution < -0.4 is 15.0 Å². The summed E-state index contributed by atoms with van der Waals surface area (Å²) in [4.78, 5) is 18.8. The lowest BCUT2D eigenvalue weighted by Crippen LogP contribution is -2.35. The molecule has 2 heterocycles. The summed E-state index contributed by atoms with van der Waals surface area (Å²) in [6.45, 7) is 5.40. The van der Waals surface area contributed by atoms with Crippen molar-refractivity contribution in [1.82, 2.24) is 30.1 Å². The maximum atomic E-state index is 13.3. The summed E-state index contributed by atoms with van der Waals surface area (Å²) in [6, 6.07) is 14.5. The maximum Gasteiger partial charge on any atom is 0.252 e. The van der Waals surface area contributed by atoms with Crippen molar-refractivity contribution in [3.63, 3.8) is 0 Å². The van der Waals surface area contributed by atoms with E-state index in [1.54, 1.807) is 14.2 Å². The first-order valence-electron chi connectivity index (χ1n) is 14.4. The number of para-hydroxylation sites is 1. The molecule has 0 saturated heterocycles. The first kappa shape index (κ1) is 27.8. The minimum Gasteiger partial charge on any atom is -0.493 e. The summed E-state index contributed by atoms with van der Waals surface area (Å²) in [7, 11) is 3.30. The van der Waals surface area contributed by atoms with E-state index in [1.807, 2.05) is 37.3 Å². The van der Waals surface area contributed by atoms with Gasteiger partial charge < -0.3 is 14.5 Å². The molecule has 9 heteroatoms. The first-order valence-corrected chi connectivity index (χ1v) is 14.4. The molecule has 1 saturated carbocycles. The smallest absolute Gasteiger partial charge is 0.252 e. The summed E-state index contributed by atoms with van der Waals surface area (Å²) in [5.74, 6) is 2.30. The van der Waals surface area contributed by atoms with Crippen LogP contribution in [0.3, 0.4) is 0 Å². The number of ether oxygens (including phenoxy) is 2. The van der Waals surface area contributed by atoms with Crippen molar-refractivity contribution < 1.29 is 9.47 Å². The number of H-pyrrole nitrogens is 1. The molecule has 9 nitrogen and oxygen atoms in total. The zero-order chi connectivity index (χ0) is 28.1. The van der Waals surface area contributed by atoms with Gasteiger partial charge in [-0.05, 0) is 77.7 Å². The summed E-state index contributed by atoms with van der Waals surface area (Å²) in [5, 5.41) is 14.2. The molecule has 0 spiro atoms. The fourth-order valence-electron chi connectivity index (χ4n) is 6.03. The van der Waals surface area contributed by atoms with Crippen LogP contribution in [0, 0.1) is 6.92 Å². The number of fused-ring (bicyclic) bond motifs is 1. The Balaban J connectivity index is 1.49. The van der Waals surface area contributed by atoms with Crippen LogP contribution >= 0.6 is 0 Å². The SMILES string of the molecule is CC[C@H](c1nnnn1C1CCCCC1)N(CCc1ccc(OC)c(OC)c1)Cc1cc2cccc(C)c2[nH]c1=O. The van der Waals surface area contributed by atoms with Gasteiger partial charge in [0.2, 0.25) is 0 Å². The number of benzene rings is 2. The fraction of sp³-hybridized carbons (Fsp3) is 0.484. The molecule has 0 unspecified atom stereocenters. The van der Waals surface area contributed by atoms with E-state index in [-0.39, 0.29) is 11.6 Å². The number of nitrogens with one attached hydrogen (secondary N) is 1. The lowest BCUT2D eigenvalue weighted by atomic mass is 9.95. The third kappa shape index (κ3) is 5.89. The van der Waals surface area contributed by atoms with Crippen LogP contribution in [0.25, 0.3) is 10.9 Å². The monoisotopic (exact) mass is 544 g/mol. The van der Waals surface area contributed by atoms with E-state index in [4.69, 9.17) is 9.47 Å². The minimum absolute atomic E-state index is 0.0373. The maximum absolute atomic E-state index is 13.3. The molecular weight excluding hydrogens is 504 g/mol. The third-order valence-electron chi connectivity index (χ3n) is 8.24. The molecule has 0 amide bonds. The topological polar surface area (TPSA) is 98.2 Å². The van der Waals surface area contributed by atoms with Crippen LogP contribution in [0.2, 0.25) is 0 Å². The second-order valence-electron chi connectivity index (χ2n) is 10.8. The molecular formula is C31H40N6O3. The Kier molecular flexibility index (Phi) is 8.79. The van der Waals surface area contributed by atoms with Gasteiger partial charge in [-0.2, -0.15) is 0 Å². The van der Waals surface area contributed by atoms with Gasteiger partial charge in [-0.15, -0.1) is 5.10 Å². The molecule has 2 aromatic carbocycles. The van der Waals surface area contributed by atoms with Gasteiger partial charge in [-0.25, -0.2) is 4.68 Å². The Morgan fingerprint density at radius 3 is 2.62 bits per heavy atom. The number of aromatic nitrogens is 5. The van der Waals surface area contributed by atoms with Crippen LogP contribution in [0.4, 0.5) is 0 Å². The predicted molar refractivity (Wildman–Crippen MR) is 156 cm³/mol. The molecule has 40 heavy (non-hydrogen) atoms. The average Bonchev–Trinajstić information content (AvgIpc) is 3.47. The Hall–Kier alpha value is -3.72. The van der Waals surface area contributed by atoms with Crippen LogP contribution in [0.5, 0.6) is 11.5 Å². The summed E-state index contributed by atoms with van der Waals surface area (Å²) in [6.07, 6.45) is 7.47. The average molecular weight is 545 g/mol. The highest BCUT2D eigenvalue weighted by Crippen LogP contribution is 2.33. The summed E-state index contributed by atoms with van der Waals surface area (Å²) < 4.78 is 13.0. The Bertz CT molecular complexity index is 1490. The molecule has 4 aromatic rings. The molecule has 1 aliphatic carbocycles. The summed E-state index contributed by atoms with van der Waals surface area (Å²) in [5.41, 5.74) is 3.76. The van der Waals surface area contributed by atoms with Gasteiger partial charge in [0.15, 0.2) is 17.3 Å². The largest absolute Gasteiger partial charge is 0.493 e. The Morgan fingerprint density at radius 2 is 1.88 bits per heavy atom. The van der Waals surface area contributed by atoms with Crippen LogP contribution in [-0.4, -0.2) is 50.9 Å². The molecule has 0 radical (unpaired) electrons. The fourth-order valence-corrected chi connectivity index (χ4v) is 6.03. The third-order valence-corrected chi connectivity index (χ3v) is 8.24. The number of rotatable bonds is 11. The second kappa shape index (κ2) is 12.6. The van der Waals surface area contributed by atoms with Crippen LogP contribution in [0.15, 0.2) is 47.3 Å². The number of tetrazole rings is 1. The van der Waals surface area contributed by atoms with Crippen molar-refractivity contribution in [3.8, 4) is 11.5 Å². The van der Waals surface area contributed by atoms with E-state index in [0.29, 0.717) is 24.1 Å². The second-order valence-corrected chi connectivity index (χ2v) is 10.8. The van der Waals surface area contributed by atoms with Gasteiger partial charge in [0.05, 0.1) is 31.8 Å². The van der Waals surface area contributed by atoms with E-state index in [2.05, 4.69) is 49.1 Å². The van der Waals surface area contributed by atoms with Crippen LogP contribution in [-0.2, 0) is 13.0 Å². The quantitative estimate of drug-likeness (QED) is 0.265. The van der Waals surface area contributed by atoms with E-state index in [0.717, 1.165) is 65.6 Å². The minimum atomic E-state index is -0.0559.